The van der Waals surface area contributed by atoms with Crippen molar-refractivity contribution in [2.45, 2.75) is 0 Å². The van der Waals surface area contributed by atoms with Crippen molar-refractivity contribution >= 4 is 5.97 Å². The largest absolute Gasteiger partial charge is 0.465 e. The molecule has 66 valence electrons. The molecular formula is C8H5FN2O2. The van der Waals surface area contributed by atoms with E-state index in [2.05, 4.69) is 9.72 Å². The summed E-state index contributed by atoms with van der Waals surface area (Å²) in [5.74, 6) is -1.51. The lowest BCUT2D eigenvalue weighted by atomic mass is 10.1. The second kappa shape index (κ2) is 3.63. The van der Waals surface area contributed by atoms with Crippen molar-refractivity contribution in [3.8, 4) is 6.07 Å². The van der Waals surface area contributed by atoms with Crippen molar-refractivity contribution in [2.24, 2.45) is 0 Å². The lowest BCUT2D eigenvalue weighted by Gasteiger charge is -1.99. The Labute approximate surface area is 73.6 Å². The first-order valence-corrected chi connectivity index (χ1v) is 3.33. The zero-order valence-corrected chi connectivity index (χ0v) is 6.74. The Morgan fingerprint density at radius 3 is 3.00 bits per heavy atom. The van der Waals surface area contributed by atoms with Gasteiger partial charge in [0.15, 0.2) is 0 Å². The first-order chi connectivity index (χ1) is 6.19. The molecule has 0 aliphatic heterocycles. The van der Waals surface area contributed by atoms with Crippen LogP contribution >= 0.6 is 0 Å². The molecule has 0 fully saturated rings. The summed E-state index contributed by atoms with van der Waals surface area (Å²) >= 11 is 0. The van der Waals surface area contributed by atoms with Crippen LogP contribution in [-0.4, -0.2) is 18.1 Å². The normalized spacial score (nSPS) is 9.00. The van der Waals surface area contributed by atoms with Gasteiger partial charge in [0.2, 0.25) is 5.95 Å². The van der Waals surface area contributed by atoms with Crippen LogP contribution in [0.5, 0.6) is 0 Å². The number of hydrogen-bond donors (Lipinski definition) is 0. The average molecular weight is 180 g/mol. The molecule has 1 aromatic rings. The zero-order chi connectivity index (χ0) is 9.84. The minimum absolute atomic E-state index is 0.0357. The zero-order valence-electron chi connectivity index (χ0n) is 6.74. The van der Waals surface area contributed by atoms with Crippen molar-refractivity contribution in [1.29, 1.82) is 5.26 Å². The maximum absolute atomic E-state index is 12.5. The van der Waals surface area contributed by atoms with Crippen LogP contribution in [0, 0.1) is 17.3 Å². The predicted octanol–water partition coefficient (Wildman–Crippen LogP) is 0.879. The maximum Gasteiger partial charge on any atom is 0.340 e. The highest BCUT2D eigenvalue weighted by Gasteiger charge is 2.12. The second-order valence-corrected chi connectivity index (χ2v) is 2.16. The second-order valence-electron chi connectivity index (χ2n) is 2.16. The molecule has 0 radical (unpaired) electrons. The molecule has 5 heteroatoms. The number of halogens is 1. The maximum atomic E-state index is 12.5. The molecule has 13 heavy (non-hydrogen) atoms. The lowest BCUT2D eigenvalue weighted by Crippen LogP contribution is -2.05. The number of ether oxygens (including phenoxy) is 1. The number of methoxy groups -OCH3 is 1. The first-order valence-electron chi connectivity index (χ1n) is 3.33. The van der Waals surface area contributed by atoms with Gasteiger partial charge < -0.3 is 4.74 Å². The van der Waals surface area contributed by atoms with Crippen LogP contribution in [0.15, 0.2) is 12.3 Å². The molecule has 1 heterocycles. The third kappa shape index (κ3) is 1.79. The highest BCUT2D eigenvalue weighted by molar-refractivity contribution is 5.91. The molecule has 4 nitrogen and oxygen atoms in total. The van der Waals surface area contributed by atoms with Crippen molar-refractivity contribution < 1.29 is 13.9 Å². The van der Waals surface area contributed by atoms with Crippen LogP contribution in [0.2, 0.25) is 0 Å². The summed E-state index contributed by atoms with van der Waals surface area (Å²) in [7, 11) is 1.17. The van der Waals surface area contributed by atoms with E-state index in [9.17, 15) is 9.18 Å². The molecule has 0 saturated carbocycles. The van der Waals surface area contributed by atoms with Gasteiger partial charge in [-0.25, -0.2) is 9.78 Å². The Morgan fingerprint density at radius 1 is 1.77 bits per heavy atom. The highest BCUT2D eigenvalue weighted by atomic mass is 19.1. The SMILES string of the molecule is COC(=O)c1cnc(F)cc1C#N. The third-order valence-corrected chi connectivity index (χ3v) is 1.40. The van der Waals surface area contributed by atoms with E-state index in [1.54, 1.807) is 6.07 Å². The molecule has 0 aliphatic rings. The fraction of sp³-hybridized carbons (Fsp3) is 0.125. The van der Waals surface area contributed by atoms with E-state index in [1.807, 2.05) is 0 Å². The highest BCUT2D eigenvalue weighted by Crippen LogP contribution is 2.08. The van der Waals surface area contributed by atoms with Crippen LogP contribution in [0.25, 0.3) is 0 Å². The molecule has 0 amide bonds. The van der Waals surface area contributed by atoms with Crippen molar-refractivity contribution in [1.82, 2.24) is 4.98 Å². The number of hydrogen-bond acceptors (Lipinski definition) is 4. The van der Waals surface area contributed by atoms with Crippen LogP contribution in [0.1, 0.15) is 15.9 Å². The standard InChI is InChI=1S/C8H5FN2O2/c1-13-8(12)6-4-11-7(9)2-5(6)3-10/h2,4H,1H3. The van der Waals surface area contributed by atoms with Gasteiger partial charge in [0.25, 0.3) is 0 Å². The van der Waals surface area contributed by atoms with E-state index < -0.39 is 11.9 Å². The van der Waals surface area contributed by atoms with Gasteiger partial charge in [0.1, 0.15) is 6.07 Å². The average Bonchev–Trinajstić information content (AvgIpc) is 2.16. The molecule has 0 aliphatic carbocycles. The minimum atomic E-state index is -0.802. The van der Waals surface area contributed by atoms with Crippen molar-refractivity contribution in [3.05, 3.63) is 29.3 Å². The van der Waals surface area contributed by atoms with E-state index in [-0.39, 0.29) is 11.1 Å². The molecule has 0 spiro atoms. The molecule has 1 rings (SSSR count). The van der Waals surface area contributed by atoms with Crippen LogP contribution in [-0.2, 0) is 4.74 Å². The Bertz CT molecular complexity index is 384. The molecule has 0 atom stereocenters. The fourth-order valence-corrected chi connectivity index (χ4v) is 0.795. The summed E-state index contributed by atoms with van der Waals surface area (Å²) in [5.41, 5.74) is -0.120. The molecule has 0 saturated heterocycles. The fourth-order valence-electron chi connectivity index (χ4n) is 0.795. The first kappa shape index (κ1) is 9.13. The number of nitriles is 1. The van der Waals surface area contributed by atoms with Crippen LogP contribution < -0.4 is 0 Å². The molecule has 0 unspecified atom stereocenters. The van der Waals surface area contributed by atoms with Gasteiger partial charge in [-0.15, -0.1) is 0 Å². The van der Waals surface area contributed by atoms with Crippen molar-refractivity contribution in [2.75, 3.05) is 7.11 Å². The van der Waals surface area contributed by atoms with Gasteiger partial charge in [-0.3, -0.25) is 0 Å². The number of esters is 1. The summed E-state index contributed by atoms with van der Waals surface area (Å²) in [6.07, 6.45) is 0.972. The Balaban J connectivity index is 3.23. The molecule has 1 aromatic heterocycles. The molecule has 0 bridgehead atoms. The summed E-state index contributed by atoms with van der Waals surface area (Å²) in [4.78, 5) is 14.2. The van der Waals surface area contributed by atoms with Gasteiger partial charge in [0.05, 0.1) is 18.2 Å². The number of carbonyl (C=O) groups is 1. The van der Waals surface area contributed by atoms with Crippen LogP contribution in [0.4, 0.5) is 4.39 Å². The smallest absolute Gasteiger partial charge is 0.340 e. The monoisotopic (exact) mass is 180 g/mol. The Kier molecular flexibility index (Phi) is 2.55. The van der Waals surface area contributed by atoms with E-state index in [4.69, 9.17) is 5.26 Å². The number of pyridine rings is 1. The summed E-state index contributed by atoms with van der Waals surface area (Å²) in [6.45, 7) is 0. The molecule has 0 aromatic carbocycles. The minimum Gasteiger partial charge on any atom is -0.465 e. The van der Waals surface area contributed by atoms with Gasteiger partial charge >= 0.3 is 5.97 Å². The lowest BCUT2D eigenvalue weighted by molar-refractivity contribution is 0.0600. The van der Waals surface area contributed by atoms with Gasteiger partial charge in [0, 0.05) is 12.3 Å². The molecular weight excluding hydrogens is 175 g/mol. The molecule has 0 N–H and O–H groups in total. The van der Waals surface area contributed by atoms with Crippen molar-refractivity contribution in [3.63, 3.8) is 0 Å². The van der Waals surface area contributed by atoms with Gasteiger partial charge in [-0.1, -0.05) is 0 Å². The van der Waals surface area contributed by atoms with Crippen LogP contribution in [0.3, 0.4) is 0 Å². The van der Waals surface area contributed by atoms with Gasteiger partial charge in [-0.2, -0.15) is 9.65 Å². The topological polar surface area (TPSA) is 63.0 Å². The Morgan fingerprint density at radius 2 is 2.46 bits per heavy atom. The number of carbonyl (C=O) groups excluding carboxylic acids is 1. The number of rotatable bonds is 1. The summed E-state index contributed by atoms with van der Waals surface area (Å²) in [5, 5.41) is 8.54. The Hall–Kier alpha value is -1.96. The quantitative estimate of drug-likeness (QED) is 0.475. The van der Waals surface area contributed by atoms with E-state index in [1.165, 1.54) is 7.11 Å². The predicted molar refractivity (Wildman–Crippen MR) is 40.2 cm³/mol. The number of aromatic nitrogens is 1. The third-order valence-electron chi connectivity index (χ3n) is 1.40. The summed E-state index contributed by atoms with van der Waals surface area (Å²) < 4.78 is 16.9. The van der Waals surface area contributed by atoms with E-state index in [0.717, 1.165) is 12.3 Å². The van der Waals surface area contributed by atoms with E-state index >= 15 is 0 Å². The van der Waals surface area contributed by atoms with E-state index in [0.29, 0.717) is 0 Å². The van der Waals surface area contributed by atoms with Gasteiger partial charge in [-0.05, 0) is 0 Å². The number of nitrogens with zero attached hydrogens (tertiary/aromatic N) is 2. The summed E-state index contributed by atoms with van der Waals surface area (Å²) in [6, 6.07) is 2.55.